The summed E-state index contributed by atoms with van der Waals surface area (Å²) in [6, 6.07) is 0.719. The van der Waals surface area contributed by atoms with Gasteiger partial charge in [-0.1, -0.05) is 0 Å². The van der Waals surface area contributed by atoms with Gasteiger partial charge in [0.15, 0.2) is 0 Å². The Balaban J connectivity index is 4.17. The monoisotopic (exact) mass is 248 g/mol. The van der Waals surface area contributed by atoms with Crippen molar-refractivity contribution in [3.05, 3.63) is 0 Å². The average Bonchev–Trinajstić information content (AvgIpc) is 2.26. The molecule has 0 spiro atoms. The van der Waals surface area contributed by atoms with Crippen molar-refractivity contribution in [3.63, 3.8) is 0 Å². The van der Waals surface area contributed by atoms with Crippen molar-refractivity contribution in [2.24, 2.45) is 0 Å². The molecule has 0 fully saturated rings. The highest BCUT2D eigenvalue weighted by molar-refractivity contribution is 6.60. The van der Waals surface area contributed by atoms with E-state index in [-0.39, 0.29) is 0 Å². The van der Waals surface area contributed by atoms with Crippen molar-refractivity contribution in [1.29, 1.82) is 0 Å². The van der Waals surface area contributed by atoms with Gasteiger partial charge in [-0.15, -0.1) is 0 Å². The van der Waals surface area contributed by atoms with E-state index >= 15 is 0 Å². The summed E-state index contributed by atoms with van der Waals surface area (Å²) in [6.45, 7) is 8.11. The largest absolute Gasteiger partial charge is 0.500 e. The predicted molar refractivity (Wildman–Crippen MR) is 63.8 cm³/mol. The smallest absolute Gasteiger partial charge is 0.374 e. The zero-order valence-electron chi connectivity index (χ0n) is 10.4. The first kappa shape index (κ1) is 15.6. The van der Waals surface area contributed by atoms with E-state index in [0.29, 0.717) is 26.4 Å². The number of hydrogen-bond donors (Lipinski definition) is 1. The molecule has 0 aliphatic rings. The quantitative estimate of drug-likeness (QED) is 0.338. The molecule has 0 aromatic carbocycles. The summed E-state index contributed by atoms with van der Waals surface area (Å²) in [4.78, 5) is 9.99. The maximum absolute atomic E-state index is 9.99. The maximum Gasteiger partial charge on any atom is 0.500 e. The van der Waals surface area contributed by atoms with Crippen LogP contribution < -0.4 is 5.32 Å². The molecule has 0 atom stereocenters. The molecule has 0 aromatic heterocycles. The molecule has 0 rings (SSSR count). The molecule has 0 aliphatic heterocycles. The van der Waals surface area contributed by atoms with E-state index in [2.05, 4.69) is 5.32 Å². The lowest BCUT2D eigenvalue weighted by Crippen LogP contribution is -2.46. The summed E-state index contributed by atoms with van der Waals surface area (Å²) in [5, 5.41) is 2.50. The van der Waals surface area contributed by atoms with Crippen LogP contribution in [-0.4, -0.2) is 41.6 Å². The minimum absolute atomic E-state index is 0.575. The number of rotatable bonds is 11. The van der Waals surface area contributed by atoms with Crippen molar-refractivity contribution in [3.8, 4) is 0 Å². The Morgan fingerprint density at radius 2 is 1.56 bits per heavy atom. The summed E-state index contributed by atoms with van der Waals surface area (Å²) >= 11 is 0. The Morgan fingerprint density at radius 1 is 1.06 bits per heavy atom. The molecule has 16 heavy (non-hydrogen) atoms. The Morgan fingerprint density at radius 3 is 1.94 bits per heavy atom. The van der Waals surface area contributed by atoms with Crippen LogP contribution in [0.2, 0.25) is 6.04 Å². The Labute approximate surface area is 98.8 Å². The van der Waals surface area contributed by atoms with E-state index in [1.165, 1.54) is 0 Å². The summed E-state index contributed by atoms with van der Waals surface area (Å²) in [5.74, 6) is 0. The molecule has 0 saturated carbocycles. The minimum atomic E-state index is -2.52. The molecular formula is C10H22NO4Si. The van der Waals surface area contributed by atoms with Crippen LogP contribution in [0.25, 0.3) is 0 Å². The SMILES string of the molecule is CCO[Si](CCCN[C]=O)(OCC)OCC. The third-order valence-corrected chi connectivity index (χ3v) is 5.10. The van der Waals surface area contributed by atoms with E-state index in [1.807, 2.05) is 20.8 Å². The topological polar surface area (TPSA) is 56.8 Å². The summed E-state index contributed by atoms with van der Waals surface area (Å²) in [7, 11) is -2.52. The van der Waals surface area contributed by atoms with Gasteiger partial charge in [-0.3, -0.25) is 4.79 Å². The number of amides is 1. The molecule has 5 nitrogen and oxygen atoms in total. The zero-order valence-corrected chi connectivity index (χ0v) is 11.4. The lowest BCUT2D eigenvalue weighted by atomic mass is 10.5. The highest BCUT2D eigenvalue weighted by Crippen LogP contribution is 2.17. The molecule has 1 N–H and O–H groups in total. The second-order valence-electron chi connectivity index (χ2n) is 3.11. The standard InChI is InChI=1S/C10H22NO4Si/c1-4-13-16(14-5-2,15-6-3)9-7-8-11-10-12/h4-9H2,1-3H3,(H,11,12). The van der Waals surface area contributed by atoms with Gasteiger partial charge >= 0.3 is 15.2 Å². The van der Waals surface area contributed by atoms with E-state index < -0.39 is 8.80 Å². The van der Waals surface area contributed by atoms with E-state index in [1.54, 1.807) is 6.41 Å². The first-order chi connectivity index (χ1) is 7.74. The highest BCUT2D eigenvalue weighted by atomic mass is 28.4. The molecule has 0 heterocycles. The Kier molecular flexibility index (Phi) is 9.50. The lowest BCUT2D eigenvalue weighted by Gasteiger charge is -2.28. The van der Waals surface area contributed by atoms with Gasteiger partial charge in [0.05, 0.1) is 0 Å². The fourth-order valence-corrected chi connectivity index (χ4v) is 4.06. The minimum Gasteiger partial charge on any atom is -0.374 e. The number of carbonyl (C=O) groups excluding carboxylic acids is 1. The van der Waals surface area contributed by atoms with E-state index in [4.69, 9.17) is 13.3 Å². The van der Waals surface area contributed by atoms with Gasteiger partial charge < -0.3 is 18.6 Å². The van der Waals surface area contributed by atoms with Crippen molar-refractivity contribution < 1.29 is 18.1 Å². The Hall–Kier alpha value is -0.433. The van der Waals surface area contributed by atoms with Gasteiger partial charge in [-0.2, -0.15) is 0 Å². The van der Waals surface area contributed by atoms with Gasteiger partial charge in [0, 0.05) is 32.4 Å². The van der Waals surface area contributed by atoms with Crippen molar-refractivity contribution in [2.45, 2.75) is 33.2 Å². The number of hydrogen-bond acceptors (Lipinski definition) is 4. The van der Waals surface area contributed by atoms with Crippen LogP contribution in [0.4, 0.5) is 0 Å². The van der Waals surface area contributed by atoms with Crippen molar-refractivity contribution >= 4 is 15.2 Å². The molecule has 1 amide bonds. The molecule has 0 aliphatic carbocycles. The number of nitrogens with one attached hydrogen (secondary N) is 1. The van der Waals surface area contributed by atoms with Crippen LogP contribution in [0.15, 0.2) is 0 Å². The van der Waals surface area contributed by atoms with E-state index in [0.717, 1.165) is 12.5 Å². The molecule has 95 valence electrons. The molecule has 0 bridgehead atoms. The van der Waals surface area contributed by atoms with Crippen molar-refractivity contribution in [1.82, 2.24) is 5.32 Å². The third-order valence-electron chi connectivity index (χ3n) is 1.95. The first-order valence-corrected chi connectivity index (χ1v) is 7.69. The van der Waals surface area contributed by atoms with Crippen LogP contribution in [0.3, 0.4) is 0 Å². The van der Waals surface area contributed by atoms with Gasteiger partial charge in [0.2, 0.25) is 0 Å². The second kappa shape index (κ2) is 9.77. The molecule has 1 radical (unpaired) electrons. The fourth-order valence-electron chi connectivity index (χ4n) is 1.45. The molecule has 6 heteroatoms. The van der Waals surface area contributed by atoms with Crippen LogP contribution in [0.5, 0.6) is 0 Å². The molecule has 0 saturated heterocycles. The van der Waals surface area contributed by atoms with E-state index in [9.17, 15) is 4.79 Å². The van der Waals surface area contributed by atoms with Crippen LogP contribution in [0.1, 0.15) is 27.2 Å². The summed E-state index contributed by atoms with van der Waals surface area (Å²) in [6.07, 6.45) is 2.42. The molecule has 0 unspecified atom stereocenters. The first-order valence-electron chi connectivity index (χ1n) is 5.76. The normalized spacial score (nSPS) is 11.4. The van der Waals surface area contributed by atoms with Crippen LogP contribution >= 0.6 is 0 Å². The summed E-state index contributed by atoms with van der Waals surface area (Å²) in [5.41, 5.74) is 0. The predicted octanol–water partition coefficient (Wildman–Crippen LogP) is 1.08. The zero-order chi connectivity index (χ0) is 12.3. The third kappa shape index (κ3) is 6.22. The van der Waals surface area contributed by atoms with Gasteiger partial charge in [-0.05, 0) is 27.2 Å². The van der Waals surface area contributed by atoms with Gasteiger partial charge in [0.25, 0.3) is 0 Å². The van der Waals surface area contributed by atoms with Crippen molar-refractivity contribution in [2.75, 3.05) is 26.4 Å². The van der Waals surface area contributed by atoms with Gasteiger partial charge in [0.1, 0.15) is 0 Å². The molecular weight excluding hydrogens is 226 g/mol. The van der Waals surface area contributed by atoms with Gasteiger partial charge in [-0.25, -0.2) is 0 Å². The Bertz CT molecular complexity index is 163. The average molecular weight is 248 g/mol. The highest BCUT2D eigenvalue weighted by Gasteiger charge is 2.39. The van der Waals surface area contributed by atoms with Crippen LogP contribution in [0, 0.1) is 0 Å². The second-order valence-corrected chi connectivity index (χ2v) is 5.85. The fraction of sp³-hybridized carbons (Fsp3) is 0.900. The van der Waals surface area contributed by atoms with Crippen LogP contribution in [-0.2, 0) is 18.1 Å². The lowest BCUT2D eigenvalue weighted by molar-refractivity contribution is 0.0709. The molecule has 0 aromatic rings. The maximum atomic E-state index is 9.99. The summed E-state index contributed by atoms with van der Waals surface area (Å²) < 4.78 is 17.0.